The lowest BCUT2D eigenvalue weighted by atomic mass is 10.2. The van der Waals surface area contributed by atoms with Crippen molar-refractivity contribution in [2.45, 2.75) is 4.90 Å². The van der Waals surface area contributed by atoms with Crippen LogP contribution in [0.5, 0.6) is 0 Å². The second-order valence-electron chi connectivity index (χ2n) is 4.59. The lowest BCUT2D eigenvalue weighted by molar-refractivity contribution is 1.17. The van der Waals surface area contributed by atoms with Crippen LogP contribution in [0.1, 0.15) is 0 Å². The number of hydrogen-bond acceptors (Lipinski definition) is 4. The molecule has 0 radical (unpaired) electrons. The van der Waals surface area contributed by atoms with Gasteiger partial charge in [-0.2, -0.15) is 0 Å². The summed E-state index contributed by atoms with van der Waals surface area (Å²) in [4.78, 5) is 10.0. The van der Waals surface area contributed by atoms with Crippen LogP contribution in [0.4, 0.5) is 11.5 Å². The highest BCUT2D eigenvalue weighted by Gasteiger charge is 2.07. The summed E-state index contributed by atoms with van der Waals surface area (Å²) in [5, 5.41) is 3.73. The smallest absolute Gasteiger partial charge is 0.163 e. The average molecular weight is 328 g/mol. The van der Waals surface area contributed by atoms with Gasteiger partial charge in [0.25, 0.3) is 0 Å². The van der Waals surface area contributed by atoms with E-state index in [1.807, 2.05) is 54.8 Å². The molecule has 3 nitrogen and oxygen atoms in total. The maximum absolute atomic E-state index is 6.14. The van der Waals surface area contributed by atoms with E-state index in [1.165, 1.54) is 0 Å². The van der Waals surface area contributed by atoms with E-state index in [4.69, 9.17) is 11.6 Å². The highest BCUT2D eigenvalue weighted by molar-refractivity contribution is 7.98. The largest absolute Gasteiger partial charge is 0.339 e. The molecule has 0 amide bonds. The van der Waals surface area contributed by atoms with Crippen LogP contribution in [-0.4, -0.2) is 16.2 Å². The first-order chi connectivity index (χ1) is 10.8. The Balaban J connectivity index is 1.96. The Morgan fingerprint density at radius 3 is 2.45 bits per heavy atom. The van der Waals surface area contributed by atoms with Crippen molar-refractivity contribution in [3.05, 3.63) is 65.8 Å². The first-order valence-electron chi connectivity index (χ1n) is 6.76. The van der Waals surface area contributed by atoms with Crippen LogP contribution in [0.15, 0.2) is 65.6 Å². The molecule has 2 aromatic carbocycles. The highest BCUT2D eigenvalue weighted by atomic mass is 35.5. The third kappa shape index (κ3) is 3.40. The van der Waals surface area contributed by atoms with Crippen molar-refractivity contribution < 1.29 is 0 Å². The minimum Gasteiger partial charge on any atom is -0.339 e. The lowest BCUT2D eigenvalue weighted by Crippen LogP contribution is -1.98. The molecule has 0 saturated heterocycles. The number of rotatable bonds is 4. The summed E-state index contributed by atoms with van der Waals surface area (Å²) in [6.45, 7) is 0. The molecule has 0 aliphatic rings. The topological polar surface area (TPSA) is 37.8 Å². The van der Waals surface area contributed by atoms with E-state index >= 15 is 0 Å². The first kappa shape index (κ1) is 14.9. The fourth-order valence-corrected chi connectivity index (χ4v) is 2.82. The van der Waals surface area contributed by atoms with Gasteiger partial charge < -0.3 is 5.32 Å². The Morgan fingerprint density at radius 2 is 1.68 bits per heavy atom. The molecule has 1 N–H and O–H groups in total. The highest BCUT2D eigenvalue weighted by Crippen LogP contribution is 2.28. The van der Waals surface area contributed by atoms with Gasteiger partial charge >= 0.3 is 0 Å². The number of hydrogen-bond donors (Lipinski definition) is 1. The second-order valence-corrected chi connectivity index (χ2v) is 5.83. The van der Waals surface area contributed by atoms with Gasteiger partial charge in [0.15, 0.2) is 5.82 Å². The number of nitrogens with zero attached hydrogens (tertiary/aromatic N) is 2. The Morgan fingerprint density at radius 1 is 0.955 bits per heavy atom. The summed E-state index contributed by atoms with van der Waals surface area (Å²) in [5.74, 6) is 1.29. The molecule has 0 fully saturated rings. The van der Waals surface area contributed by atoms with Crippen LogP contribution in [0, 0.1) is 0 Å². The quantitative estimate of drug-likeness (QED) is 0.523. The molecule has 0 spiro atoms. The number of aromatic nitrogens is 2. The van der Waals surface area contributed by atoms with Crippen molar-refractivity contribution in [2.75, 3.05) is 11.6 Å². The van der Waals surface area contributed by atoms with Gasteiger partial charge in [-0.15, -0.1) is 11.8 Å². The normalized spacial score (nSPS) is 10.5. The van der Waals surface area contributed by atoms with Crippen molar-refractivity contribution in [1.29, 1.82) is 0 Å². The van der Waals surface area contributed by atoms with E-state index in [2.05, 4.69) is 21.4 Å². The zero-order valence-electron chi connectivity index (χ0n) is 12.0. The summed E-state index contributed by atoms with van der Waals surface area (Å²) < 4.78 is 0. The van der Waals surface area contributed by atoms with Gasteiger partial charge in [0.1, 0.15) is 11.0 Å². The predicted octanol–water partition coefficient (Wildman–Crippen LogP) is 5.26. The molecule has 0 aliphatic heterocycles. The first-order valence-corrected chi connectivity index (χ1v) is 8.36. The zero-order chi connectivity index (χ0) is 15.4. The third-order valence-electron chi connectivity index (χ3n) is 3.10. The van der Waals surface area contributed by atoms with Crippen molar-refractivity contribution in [1.82, 2.24) is 9.97 Å². The van der Waals surface area contributed by atoms with Gasteiger partial charge in [-0.25, -0.2) is 9.97 Å². The van der Waals surface area contributed by atoms with Gasteiger partial charge in [-0.3, -0.25) is 0 Å². The van der Waals surface area contributed by atoms with E-state index in [9.17, 15) is 0 Å². The van der Waals surface area contributed by atoms with E-state index in [0.29, 0.717) is 16.8 Å². The molecule has 5 heteroatoms. The van der Waals surface area contributed by atoms with Crippen LogP contribution in [-0.2, 0) is 0 Å². The van der Waals surface area contributed by atoms with Crippen molar-refractivity contribution in [2.24, 2.45) is 0 Å². The molecule has 3 aromatic rings. The molecule has 1 aromatic heterocycles. The fourth-order valence-electron chi connectivity index (χ4n) is 2.08. The molecule has 22 heavy (non-hydrogen) atoms. The molecule has 0 atom stereocenters. The van der Waals surface area contributed by atoms with Crippen molar-refractivity contribution in [3.8, 4) is 11.4 Å². The minimum absolute atomic E-state index is 0.415. The Labute approximate surface area is 138 Å². The summed E-state index contributed by atoms with van der Waals surface area (Å²) in [6, 6.07) is 19.6. The number of anilines is 2. The molecule has 0 unspecified atom stereocenters. The van der Waals surface area contributed by atoms with Crippen molar-refractivity contribution >= 4 is 34.9 Å². The zero-order valence-corrected chi connectivity index (χ0v) is 13.5. The SMILES string of the molecule is CSc1ccccc1Nc1cc(Cl)nc(-c2ccccc2)n1. The van der Waals surface area contributed by atoms with E-state index < -0.39 is 0 Å². The maximum atomic E-state index is 6.14. The van der Waals surface area contributed by atoms with Crippen LogP contribution < -0.4 is 5.32 Å². The van der Waals surface area contributed by atoms with E-state index in [1.54, 1.807) is 17.8 Å². The Bertz CT molecular complexity index is 778. The average Bonchev–Trinajstić information content (AvgIpc) is 2.56. The number of thioether (sulfide) groups is 1. The van der Waals surface area contributed by atoms with Crippen LogP contribution in [0.2, 0.25) is 5.15 Å². The number of halogens is 1. The lowest BCUT2D eigenvalue weighted by Gasteiger charge is -2.11. The van der Waals surface area contributed by atoms with E-state index in [-0.39, 0.29) is 0 Å². The summed E-state index contributed by atoms with van der Waals surface area (Å²) in [7, 11) is 0. The van der Waals surface area contributed by atoms with Crippen LogP contribution in [0.25, 0.3) is 11.4 Å². The summed E-state index contributed by atoms with van der Waals surface area (Å²) in [5.41, 5.74) is 1.94. The van der Waals surface area contributed by atoms with Crippen molar-refractivity contribution in [3.63, 3.8) is 0 Å². The fraction of sp³-hybridized carbons (Fsp3) is 0.0588. The summed E-state index contributed by atoms with van der Waals surface area (Å²) in [6.07, 6.45) is 2.04. The van der Waals surface area contributed by atoms with Crippen LogP contribution in [0.3, 0.4) is 0 Å². The standard InChI is InChI=1S/C17H14ClN3S/c1-22-14-10-6-5-9-13(14)19-16-11-15(18)20-17(21-16)12-7-3-2-4-8-12/h2-11H,1H3,(H,19,20,21). The van der Waals surface area contributed by atoms with Gasteiger partial charge in [0.05, 0.1) is 5.69 Å². The van der Waals surface area contributed by atoms with Crippen LogP contribution >= 0.6 is 23.4 Å². The Kier molecular flexibility index (Phi) is 4.61. The molecule has 3 rings (SSSR count). The predicted molar refractivity (Wildman–Crippen MR) is 94.0 cm³/mol. The maximum Gasteiger partial charge on any atom is 0.163 e. The molecular weight excluding hydrogens is 314 g/mol. The molecular formula is C17H14ClN3S. The van der Waals surface area contributed by atoms with Gasteiger partial charge in [-0.05, 0) is 18.4 Å². The molecule has 110 valence electrons. The number of nitrogens with one attached hydrogen (secondary N) is 1. The Hall–Kier alpha value is -2.04. The third-order valence-corrected chi connectivity index (χ3v) is 4.09. The number of benzene rings is 2. The number of para-hydroxylation sites is 1. The minimum atomic E-state index is 0.415. The van der Waals surface area contributed by atoms with Gasteiger partial charge in [-0.1, -0.05) is 54.1 Å². The molecule has 0 aliphatic carbocycles. The second kappa shape index (κ2) is 6.81. The van der Waals surface area contributed by atoms with Gasteiger partial charge in [0.2, 0.25) is 0 Å². The van der Waals surface area contributed by atoms with E-state index in [0.717, 1.165) is 16.1 Å². The molecule has 0 saturated carbocycles. The van der Waals surface area contributed by atoms with Gasteiger partial charge in [0, 0.05) is 16.5 Å². The molecule has 0 bridgehead atoms. The molecule has 1 heterocycles. The summed E-state index contributed by atoms with van der Waals surface area (Å²) >= 11 is 7.82. The monoisotopic (exact) mass is 327 g/mol.